The molecule has 0 spiro atoms. The normalized spacial score (nSPS) is 29.2. The number of hydrogen-bond acceptors (Lipinski definition) is 2. The summed E-state index contributed by atoms with van der Waals surface area (Å²) in [7, 11) is 0. The Bertz CT molecular complexity index is 417. The predicted molar refractivity (Wildman–Crippen MR) is 81.6 cm³/mol. The van der Waals surface area contributed by atoms with Gasteiger partial charge in [0, 0.05) is 6.04 Å². The van der Waals surface area contributed by atoms with Gasteiger partial charge < -0.3 is 0 Å². The maximum absolute atomic E-state index is 5.90. The molecule has 3 atom stereocenters. The first-order valence-corrected chi connectivity index (χ1v) is 7.54. The summed E-state index contributed by atoms with van der Waals surface area (Å²) in [5.41, 5.74) is 7.14. The second-order valence-electron chi connectivity index (χ2n) is 6.68. The maximum atomic E-state index is 5.90. The minimum atomic E-state index is 0.296. The van der Waals surface area contributed by atoms with E-state index in [-0.39, 0.29) is 0 Å². The van der Waals surface area contributed by atoms with Crippen molar-refractivity contribution in [2.24, 2.45) is 23.6 Å². The molecular weight excluding hydrogens is 232 g/mol. The molecule has 2 nitrogen and oxygen atoms in total. The van der Waals surface area contributed by atoms with E-state index in [1.165, 1.54) is 36.0 Å². The van der Waals surface area contributed by atoms with Crippen LogP contribution in [0.1, 0.15) is 55.8 Å². The molecule has 0 radical (unpaired) electrons. The zero-order valence-corrected chi connectivity index (χ0v) is 12.7. The molecule has 0 amide bonds. The second kappa shape index (κ2) is 6.06. The lowest BCUT2D eigenvalue weighted by molar-refractivity contribution is 0.176. The number of hydrogen-bond donors (Lipinski definition) is 2. The zero-order chi connectivity index (χ0) is 14.0. The maximum Gasteiger partial charge on any atom is 0.0491 e. The summed E-state index contributed by atoms with van der Waals surface area (Å²) in [5.74, 6) is 8.18. The van der Waals surface area contributed by atoms with Crippen molar-refractivity contribution in [2.75, 3.05) is 0 Å². The molecule has 0 aromatic heterocycles. The highest BCUT2D eigenvalue weighted by atomic mass is 15.2. The molecule has 1 aromatic carbocycles. The van der Waals surface area contributed by atoms with E-state index in [4.69, 9.17) is 5.84 Å². The summed E-state index contributed by atoms with van der Waals surface area (Å²) in [6, 6.07) is 6.98. The summed E-state index contributed by atoms with van der Waals surface area (Å²) in [5, 5.41) is 0. The van der Waals surface area contributed by atoms with Crippen molar-refractivity contribution < 1.29 is 0 Å². The summed E-state index contributed by atoms with van der Waals surface area (Å²) >= 11 is 0. The van der Waals surface area contributed by atoms with Crippen molar-refractivity contribution in [3.8, 4) is 0 Å². The Morgan fingerprint density at radius 1 is 1.11 bits per heavy atom. The SMILES string of the molecule is Cc1ccc(C)c(C(NN)C2CC(C)CC(C)C2)c1. The van der Waals surface area contributed by atoms with Crippen molar-refractivity contribution in [1.82, 2.24) is 5.43 Å². The van der Waals surface area contributed by atoms with E-state index in [9.17, 15) is 0 Å². The van der Waals surface area contributed by atoms with E-state index in [1.54, 1.807) is 0 Å². The van der Waals surface area contributed by atoms with Crippen molar-refractivity contribution in [2.45, 2.75) is 53.0 Å². The fraction of sp³-hybridized carbons (Fsp3) is 0.647. The van der Waals surface area contributed by atoms with Crippen LogP contribution in [0.25, 0.3) is 0 Å². The summed E-state index contributed by atoms with van der Waals surface area (Å²) in [6.07, 6.45) is 3.93. The van der Waals surface area contributed by atoms with Gasteiger partial charge in [0.15, 0.2) is 0 Å². The molecule has 3 unspecified atom stereocenters. The van der Waals surface area contributed by atoms with E-state index < -0.39 is 0 Å². The molecule has 1 aliphatic carbocycles. The van der Waals surface area contributed by atoms with E-state index in [0.29, 0.717) is 12.0 Å². The molecule has 0 heterocycles. The summed E-state index contributed by atoms with van der Waals surface area (Å²) in [6.45, 7) is 9.09. The lowest BCUT2D eigenvalue weighted by atomic mass is 9.72. The quantitative estimate of drug-likeness (QED) is 0.639. The molecule has 3 N–H and O–H groups in total. The van der Waals surface area contributed by atoms with Crippen LogP contribution >= 0.6 is 0 Å². The highest BCUT2D eigenvalue weighted by Gasteiger charge is 2.31. The Hall–Kier alpha value is -0.860. The fourth-order valence-corrected chi connectivity index (χ4v) is 3.86. The third-order valence-corrected chi connectivity index (χ3v) is 4.64. The molecule has 1 fully saturated rings. The Morgan fingerprint density at radius 2 is 1.74 bits per heavy atom. The van der Waals surface area contributed by atoms with Gasteiger partial charge in [-0.15, -0.1) is 0 Å². The minimum Gasteiger partial charge on any atom is -0.271 e. The first kappa shape index (κ1) is 14.5. The van der Waals surface area contributed by atoms with Gasteiger partial charge in [-0.05, 0) is 62.0 Å². The first-order chi connectivity index (χ1) is 9.01. The lowest BCUT2D eigenvalue weighted by Gasteiger charge is -2.37. The monoisotopic (exact) mass is 260 g/mol. The number of nitrogens with two attached hydrogens (primary N) is 1. The fourth-order valence-electron chi connectivity index (χ4n) is 3.86. The average molecular weight is 260 g/mol. The van der Waals surface area contributed by atoms with Gasteiger partial charge in [0.1, 0.15) is 0 Å². The van der Waals surface area contributed by atoms with Crippen LogP contribution in [-0.2, 0) is 0 Å². The third kappa shape index (κ3) is 3.37. The Labute approximate surface area is 117 Å². The van der Waals surface area contributed by atoms with Crippen molar-refractivity contribution >= 4 is 0 Å². The van der Waals surface area contributed by atoms with E-state index in [1.807, 2.05) is 0 Å². The van der Waals surface area contributed by atoms with Crippen molar-refractivity contribution in [3.05, 3.63) is 34.9 Å². The topological polar surface area (TPSA) is 38.0 Å². The smallest absolute Gasteiger partial charge is 0.0491 e. The highest BCUT2D eigenvalue weighted by Crippen LogP contribution is 2.40. The molecule has 1 aliphatic rings. The Balaban J connectivity index is 2.26. The van der Waals surface area contributed by atoms with Crippen LogP contribution in [0.2, 0.25) is 0 Å². The number of nitrogens with one attached hydrogen (secondary N) is 1. The van der Waals surface area contributed by atoms with Gasteiger partial charge in [0.25, 0.3) is 0 Å². The molecule has 0 bridgehead atoms. The molecule has 19 heavy (non-hydrogen) atoms. The van der Waals surface area contributed by atoms with Gasteiger partial charge in [0.2, 0.25) is 0 Å². The first-order valence-electron chi connectivity index (χ1n) is 7.54. The van der Waals surface area contributed by atoms with Crippen LogP contribution in [0.15, 0.2) is 18.2 Å². The standard InChI is InChI=1S/C17H28N2/c1-11-5-6-14(4)16(10-11)17(19-18)15-8-12(2)7-13(3)9-15/h5-6,10,12-13,15,17,19H,7-9,18H2,1-4H3. The summed E-state index contributed by atoms with van der Waals surface area (Å²) < 4.78 is 0. The van der Waals surface area contributed by atoms with Gasteiger partial charge in [-0.3, -0.25) is 11.3 Å². The third-order valence-electron chi connectivity index (χ3n) is 4.64. The number of rotatable bonds is 3. The van der Waals surface area contributed by atoms with Gasteiger partial charge >= 0.3 is 0 Å². The van der Waals surface area contributed by atoms with E-state index in [2.05, 4.69) is 51.3 Å². The zero-order valence-electron chi connectivity index (χ0n) is 12.7. The number of aryl methyl sites for hydroxylation is 2. The van der Waals surface area contributed by atoms with Crippen molar-refractivity contribution in [1.29, 1.82) is 0 Å². The average Bonchev–Trinajstić information content (AvgIpc) is 2.33. The summed E-state index contributed by atoms with van der Waals surface area (Å²) in [4.78, 5) is 0. The van der Waals surface area contributed by atoms with Crippen LogP contribution < -0.4 is 11.3 Å². The predicted octanol–water partition coefficient (Wildman–Crippen LogP) is 3.88. The van der Waals surface area contributed by atoms with Gasteiger partial charge in [0.05, 0.1) is 0 Å². The van der Waals surface area contributed by atoms with E-state index >= 15 is 0 Å². The van der Waals surface area contributed by atoms with Crippen LogP contribution in [0.5, 0.6) is 0 Å². The Kier molecular flexibility index (Phi) is 4.64. The molecule has 1 aromatic rings. The molecule has 106 valence electrons. The lowest BCUT2D eigenvalue weighted by Crippen LogP contribution is -2.37. The largest absolute Gasteiger partial charge is 0.271 e. The second-order valence-corrected chi connectivity index (χ2v) is 6.68. The van der Waals surface area contributed by atoms with Crippen molar-refractivity contribution in [3.63, 3.8) is 0 Å². The molecule has 2 rings (SSSR count). The number of hydrazine groups is 1. The van der Waals surface area contributed by atoms with E-state index in [0.717, 1.165) is 11.8 Å². The molecule has 0 aliphatic heterocycles. The molecular formula is C17H28N2. The van der Waals surface area contributed by atoms with Gasteiger partial charge in [-0.25, -0.2) is 0 Å². The Morgan fingerprint density at radius 3 is 2.32 bits per heavy atom. The van der Waals surface area contributed by atoms with Crippen LogP contribution in [0.3, 0.4) is 0 Å². The minimum absolute atomic E-state index is 0.296. The molecule has 2 heteroatoms. The molecule has 0 saturated heterocycles. The van der Waals surface area contributed by atoms with Gasteiger partial charge in [-0.2, -0.15) is 0 Å². The van der Waals surface area contributed by atoms with Gasteiger partial charge in [-0.1, -0.05) is 37.6 Å². The molecule has 1 saturated carbocycles. The highest BCUT2D eigenvalue weighted by molar-refractivity contribution is 5.33. The van der Waals surface area contributed by atoms with Crippen LogP contribution in [-0.4, -0.2) is 0 Å². The van der Waals surface area contributed by atoms with Crippen LogP contribution in [0, 0.1) is 31.6 Å². The number of benzene rings is 1. The van der Waals surface area contributed by atoms with Crippen LogP contribution in [0.4, 0.5) is 0 Å².